The quantitative estimate of drug-likeness (QED) is 0.484. The summed E-state index contributed by atoms with van der Waals surface area (Å²) in [6, 6.07) is 19.7. The number of allylic oxidation sites excluding steroid dienone is 1. The van der Waals surface area contributed by atoms with E-state index in [0.717, 1.165) is 16.7 Å². The first-order valence-electron chi connectivity index (χ1n) is 12.5. The lowest BCUT2D eigenvalue weighted by Gasteiger charge is -2.34. The predicted molar refractivity (Wildman–Crippen MR) is 142 cm³/mol. The number of aromatic hydroxyl groups is 1. The lowest BCUT2D eigenvalue weighted by atomic mass is 9.98. The molecule has 1 N–H and O–H groups in total. The van der Waals surface area contributed by atoms with E-state index in [1.807, 2.05) is 42.5 Å². The van der Waals surface area contributed by atoms with Gasteiger partial charge in [0.05, 0.1) is 17.7 Å². The summed E-state index contributed by atoms with van der Waals surface area (Å²) in [7, 11) is 0. The number of Topliss-reactive ketones (excluding diaryl/α,β-unsaturated/α-hetero) is 1. The number of carbonyl (C=O) groups excluding carboxylic acids is 2. The first-order chi connectivity index (χ1) is 17.9. The van der Waals surface area contributed by atoms with Gasteiger partial charge in [-0.3, -0.25) is 9.69 Å². The second-order valence-electron chi connectivity index (χ2n) is 9.29. The van der Waals surface area contributed by atoms with E-state index in [0.29, 0.717) is 61.8 Å². The Hall–Kier alpha value is -4.10. The second-order valence-corrected chi connectivity index (χ2v) is 9.29. The van der Waals surface area contributed by atoms with Crippen LogP contribution < -0.4 is 4.74 Å². The highest BCUT2D eigenvalue weighted by Gasteiger charge is 2.34. The van der Waals surface area contributed by atoms with E-state index in [1.54, 1.807) is 30.9 Å². The molecular formula is C30H30N2O5. The monoisotopic (exact) mass is 498 g/mol. The van der Waals surface area contributed by atoms with Crippen molar-refractivity contribution in [1.82, 2.24) is 9.80 Å². The third-order valence-corrected chi connectivity index (χ3v) is 6.82. The maximum atomic E-state index is 13.3. The van der Waals surface area contributed by atoms with Crippen molar-refractivity contribution in [2.75, 3.05) is 32.8 Å². The number of piperazine rings is 1. The van der Waals surface area contributed by atoms with Crippen molar-refractivity contribution < 1.29 is 24.2 Å². The van der Waals surface area contributed by atoms with Crippen LogP contribution in [0.2, 0.25) is 0 Å². The molecule has 5 rings (SSSR count). The van der Waals surface area contributed by atoms with Gasteiger partial charge in [-0.1, -0.05) is 54.6 Å². The maximum Gasteiger partial charge on any atom is 0.409 e. The fourth-order valence-corrected chi connectivity index (χ4v) is 4.81. The number of phenolic OH excluding ortho intramolecular Hbond substituents is 1. The van der Waals surface area contributed by atoms with Gasteiger partial charge in [-0.05, 0) is 48.2 Å². The topological polar surface area (TPSA) is 79.3 Å². The third kappa shape index (κ3) is 5.08. The summed E-state index contributed by atoms with van der Waals surface area (Å²) in [5.74, 6) is 0.574. The number of benzene rings is 3. The minimum atomic E-state index is -0.304. The van der Waals surface area contributed by atoms with Gasteiger partial charge in [-0.25, -0.2) is 4.79 Å². The molecule has 3 aromatic carbocycles. The van der Waals surface area contributed by atoms with Crippen LogP contribution in [0.15, 0.2) is 66.4 Å². The number of hydrogen-bond donors (Lipinski definition) is 1. The number of ether oxygens (including phenoxy) is 2. The summed E-state index contributed by atoms with van der Waals surface area (Å²) in [5, 5.41) is 10.8. The van der Waals surface area contributed by atoms with Gasteiger partial charge in [-0.2, -0.15) is 0 Å². The van der Waals surface area contributed by atoms with Gasteiger partial charge in [0.1, 0.15) is 11.5 Å². The summed E-state index contributed by atoms with van der Waals surface area (Å²) >= 11 is 0. The van der Waals surface area contributed by atoms with Crippen LogP contribution in [0, 0.1) is 6.92 Å². The number of aryl methyl sites for hydroxylation is 1. The molecule has 7 nitrogen and oxygen atoms in total. The molecule has 1 amide bonds. The van der Waals surface area contributed by atoms with E-state index in [4.69, 9.17) is 9.47 Å². The molecule has 0 saturated carbocycles. The third-order valence-electron chi connectivity index (χ3n) is 6.82. The number of nitrogens with zero attached hydrogens (tertiary/aromatic N) is 2. The molecule has 2 heterocycles. The van der Waals surface area contributed by atoms with Crippen LogP contribution in [0.4, 0.5) is 4.79 Å². The zero-order valence-corrected chi connectivity index (χ0v) is 21.1. The highest BCUT2D eigenvalue weighted by Crippen LogP contribution is 2.42. The fourth-order valence-electron chi connectivity index (χ4n) is 4.81. The van der Waals surface area contributed by atoms with Crippen LogP contribution in [-0.4, -0.2) is 59.6 Å². The molecule has 0 aliphatic carbocycles. The Kier molecular flexibility index (Phi) is 6.97. The van der Waals surface area contributed by atoms with Crippen molar-refractivity contribution in [3.8, 4) is 22.6 Å². The summed E-state index contributed by atoms with van der Waals surface area (Å²) in [4.78, 5) is 29.1. The van der Waals surface area contributed by atoms with Gasteiger partial charge in [0.15, 0.2) is 5.76 Å². The van der Waals surface area contributed by atoms with Crippen molar-refractivity contribution in [2.24, 2.45) is 0 Å². The average Bonchev–Trinajstić information content (AvgIpc) is 3.24. The highest BCUT2D eigenvalue weighted by atomic mass is 16.6. The largest absolute Gasteiger partial charge is 0.507 e. The Morgan fingerprint density at radius 1 is 1.03 bits per heavy atom. The van der Waals surface area contributed by atoms with Crippen molar-refractivity contribution in [3.63, 3.8) is 0 Å². The number of carbonyl (C=O) groups is 2. The SMILES string of the molecule is CCOC(=O)N1CCN(Cc2c(O)cc(C)c3c2O/C(=C\c2ccc(-c4ccccc4)cc2)C3=O)CC1. The Morgan fingerprint density at radius 2 is 1.70 bits per heavy atom. The molecule has 0 unspecified atom stereocenters. The Morgan fingerprint density at radius 3 is 2.38 bits per heavy atom. The van der Waals surface area contributed by atoms with E-state index in [-0.39, 0.29) is 23.4 Å². The van der Waals surface area contributed by atoms with Gasteiger partial charge < -0.3 is 19.5 Å². The predicted octanol–water partition coefficient (Wildman–Crippen LogP) is 5.26. The fraction of sp³-hybridized carbons (Fsp3) is 0.267. The summed E-state index contributed by atoms with van der Waals surface area (Å²) < 4.78 is 11.2. The molecule has 7 heteroatoms. The molecule has 1 fully saturated rings. The lowest BCUT2D eigenvalue weighted by molar-refractivity contribution is 0.0774. The van der Waals surface area contributed by atoms with Crippen molar-refractivity contribution in [1.29, 1.82) is 0 Å². The van der Waals surface area contributed by atoms with Gasteiger partial charge in [0, 0.05) is 32.7 Å². The van der Waals surface area contributed by atoms with Crippen LogP contribution in [0.1, 0.15) is 34.0 Å². The van der Waals surface area contributed by atoms with E-state index < -0.39 is 0 Å². The van der Waals surface area contributed by atoms with Crippen LogP contribution in [0.5, 0.6) is 11.5 Å². The molecule has 2 aliphatic heterocycles. The summed E-state index contributed by atoms with van der Waals surface area (Å²) in [5.41, 5.74) is 4.83. The molecule has 0 radical (unpaired) electrons. The van der Waals surface area contributed by atoms with Crippen molar-refractivity contribution >= 4 is 18.0 Å². The molecule has 0 atom stereocenters. The molecule has 0 aromatic heterocycles. The van der Waals surface area contributed by atoms with E-state index in [9.17, 15) is 14.7 Å². The first kappa shape index (κ1) is 24.6. The Bertz CT molecular complexity index is 1340. The zero-order chi connectivity index (χ0) is 25.9. The minimum absolute atomic E-state index is 0.102. The highest BCUT2D eigenvalue weighted by molar-refractivity contribution is 6.15. The Balaban J connectivity index is 1.34. The standard InChI is InChI=1S/C30H30N2O5/c1-3-36-30(35)32-15-13-31(14-16-32)19-24-25(33)17-20(2)27-28(34)26(37-29(24)27)18-21-9-11-23(12-10-21)22-7-5-4-6-8-22/h4-12,17-18,33H,3,13-16,19H2,1-2H3/b26-18-. The normalized spacial score (nSPS) is 16.5. The molecular weight excluding hydrogens is 468 g/mol. The van der Waals surface area contributed by atoms with Gasteiger partial charge in [-0.15, -0.1) is 0 Å². The van der Waals surface area contributed by atoms with E-state index in [2.05, 4.69) is 17.0 Å². The van der Waals surface area contributed by atoms with Gasteiger partial charge >= 0.3 is 6.09 Å². The zero-order valence-electron chi connectivity index (χ0n) is 21.1. The van der Waals surface area contributed by atoms with Gasteiger partial charge in [0.2, 0.25) is 5.78 Å². The van der Waals surface area contributed by atoms with Crippen LogP contribution in [0.25, 0.3) is 17.2 Å². The number of phenols is 1. The number of hydrogen-bond acceptors (Lipinski definition) is 6. The first-order valence-corrected chi connectivity index (χ1v) is 12.5. The molecule has 190 valence electrons. The molecule has 0 spiro atoms. The number of fused-ring (bicyclic) bond motifs is 1. The number of rotatable bonds is 5. The van der Waals surface area contributed by atoms with E-state index in [1.165, 1.54) is 0 Å². The van der Waals surface area contributed by atoms with Crippen LogP contribution >= 0.6 is 0 Å². The summed E-state index contributed by atoms with van der Waals surface area (Å²) in [6.45, 7) is 6.70. The van der Waals surface area contributed by atoms with E-state index >= 15 is 0 Å². The number of amides is 1. The smallest absolute Gasteiger partial charge is 0.409 e. The van der Waals surface area contributed by atoms with Crippen molar-refractivity contribution in [2.45, 2.75) is 20.4 Å². The van der Waals surface area contributed by atoms with Crippen LogP contribution in [-0.2, 0) is 11.3 Å². The number of ketones is 1. The second kappa shape index (κ2) is 10.5. The van der Waals surface area contributed by atoms with Crippen LogP contribution in [0.3, 0.4) is 0 Å². The molecule has 0 bridgehead atoms. The molecule has 2 aliphatic rings. The molecule has 3 aromatic rings. The van der Waals surface area contributed by atoms with Crippen molar-refractivity contribution in [3.05, 3.63) is 88.7 Å². The van der Waals surface area contributed by atoms with Gasteiger partial charge in [0.25, 0.3) is 0 Å². The maximum absolute atomic E-state index is 13.3. The average molecular weight is 499 g/mol. The molecule has 37 heavy (non-hydrogen) atoms. The molecule has 1 saturated heterocycles. The summed E-state index contributed by atoms with van der Waals surface area (Å²) in [6.07, 6.45) is 1.44. The lowest BCUT2D eigenvalue weighted by Crippen LogP contribution is -2.48. The Labute approximate surface area is 216 Å². The minimum Gasteiger partial charge on any atom is -0.507 e.